The second-order valence-corrected chi connectivity index (χ2v) is 3.16. The molecule has 92 valence electrons. The maximum atomic E-state index is 11.2. The largest absolute Gasteiger partial charge is 0.481 e. The van der Waals surface area contributed by atoms with Gasteiger partial charge in [0, 0.05) is 13.1 Å². The fourth-order valence-corrected chi connectivity index (χ4v) is 0.924. The van der Waals surface area contributed by atoms with Crippen molar-refractivity contribution in [2.24, 2.45) is 0 Å². The molecule has 1 unspecified atom stereocenters. The number of carboxylic acids is 1. The summed E-state index contributed by atoms with van der Waals surface area (Å²) in [4.78, 5) is 32.5. The van der Waals surface area contributed by atoms with Crippen molar-refractivity contribution in [1.29, 1.82) is 0 Å². The highest BCUT2D eigenvalue weighted by Gasteiger charge is 2.13. The number of likely N-dealkylation sites (N-methyl/N-ethyl adjacent to an activating group) is 1. The van der Waals surface area contributed by atoms with E-state index in [1.54, 1.807) is 13.8 Å². The van der Waals surface area contributed by atoms with Crippen LogP contribution in [0.2, 0.25) is 0 Å². The summed E-state index contributed by atoms with van der Waals surface area (Å²) in [7, 11) is 0. The van der Waals surface area contributed by atoms with Crippen LogP contribution in [0.5, 0.6) is 0 Å². The zero-order valence-electron chi connectivity index (χ0n) is 9.37. The molecule has 3 amide bonds. The van der Waals surface area contributed by atoms with Crippen LogP contribution >= 0.6 is 0 Å². The minimum absolute atomic E-state index is 0.0310. The highest BCUT2D eigenvalue weighted by molar-refractivity contribution is 5.86. The normalized spacial score (nSPS) is 11.4. The van der Waals surface area contributed by atoms with Gasteiger partial charge in [-0.15, -0.1) is 0 Å². The van der Waals surface area contributed by atoms with Crippen molar-refractivity contribution < 1.29 is 19.5 Å². The Morgan fingerprint density at radius 1 is 1.25 bits per heavy atom. The third kappa shape index (κ3) is 6.63. The molecular formula is C9H17N3O4. The van der Waals surface area contributed by atoms with E-state index in [1.807, 2.05) is 0 Å². The van der Waals surface area contributed by atoms with Gasteiger partial charge in [0.1, 0.15) is 6.04 Å². The van der Waals surface area contributed by atoms with Gasteiger partial charge in [-0.1, -0.05) is 0 Å². The number of aliphatic carboxylic acids is 1. The van der Waals surface area contributed by atoms with Crippen molar-refractivity contribution in [1.82, 2.24) is 16.0 Å². The van der Waals surface area contributed by atoms with E-state index in [9.17, 15) is 14.4 Å². The summed E-state index contributed by atoms with van der Waals surface area (Å²) in [5, 5.41) is 15.6. The number of amides is 3. The maximum Gasteiger partial charge on any atom is 0.315 e. The zero-order valence-corrected chi connectivity index (χ0v) is 9.37. The lowest BCUT2D eigenvalue weighted by molar-refractivity contribution is -0.136. The van der Waals surface area contributed by atoms with E-state index >= 15 is 0 Å². The van der Waals surface area contributed by atoms with E-state index in [1.165, 1.54) is 0 Å². The Bertz CT molecular complexity index is 267. The van der Waals surface area contributed by atoms with Crippen LogP contribution in [-0.4, -0.2) is 42.1 Å². The van der Waals surface area contributed by atoms with Gasteiger partial charge in [0.25, 0.3) is 0 Å². The van der Waals surface area contributed by atoms with E-state index in [-0.39, 0.29) is 18.9 Å². The molecule has 0 aromatic heterocycles. The molecule has 0 bridgehead atoms. The molecule has 0 rings (SSSR count). The SMILES string of the molecule is CCNC(=O)C(C)NC(=O)NCCC(=O)O. The smallest absolute Gasteiger partial charge is 0.315 e. The first-order valence-corrected chi connectivity index (χ1v) is 5.01. The van der Waals surface area contributed by atoms with E-state index in [4.69, 9.17) is 5.11 Å². The number of carboxylic acid groups (broad SMARTS) is 1. The number of hydrogen-bond acceptors (Lipinski definition) is 3. The van der Waals surface area contributed by atoms with Crippen LogP contribution in [0.15, 0.2) is 0 Å². The molecule has 0 heterocycles. The second kappa shape index (κ2) is 7.49. The van der Waals surface area contributed by atoms with Crippen LogP contribution < -0.4 is 16.0 Å². The molecule has 7 heteroatoms. The van der Waals surface area contributed by atoms with Crippen molar-refractivity contribution in [3.63, 3.8) is 0 Å². The monoisotopic (exact) mass is 231 g/mol. The summed E-state index contributed by atoms with van der Waals surface area (Å²) in [6, 6.07) is -1.20. The molecule has 0 radical (unpaired) electrons. The Hall–Kier alpha value is -1.79. The fourth-order valence-electron chi connectivity index (χ4n) is 0.924. The van der Waals surface area contributed by atoms with Gasteiger partial charge in [-0.05, 0) is 13.8 Å². The predicted molar refractivity (Wildman–Crippen MR) is 56.9 cm³/mol. The summed E-state index contributed by atoms with van der Waals surface area (Å²) >= 11 is 0. The molecule has 16 heavy (non-hydrogen) atoms. The second-order valence-electron chi connectivity index (χ2n) is 3.16. The van der Waals surface area contributed by atoms with Gasteiger partial charge in [0.15, 0.2) is 0 Å². The molecule has 0 aliphatic rings. The topological polar surface area (TPSA) is 108 Å². The first kappa shape index (κ1) is 14.2. The van der Waals surface area contributed by atoms with Gasteiger partial charge in [0.05, 0.1) is 6.42 Å². The van der Waals surface area contributed by atoms with E-state index < -0.39 is 18.0 Å². The molecule has 0 saturated carbocycles. The van der Waals surface area contributed by atoms with Crippen LogP contribution in [0.25, 0.3) is 0 Å². The number of carbonyl (C=O) groups excluding carboxylic acids is 2. The average Bonchev–Trinajstić information content (AvgIpc) is 2.17. The quantitative estimate of drug-likeness (QED) is 0.484. The number of rotatable bonds is 6. The van der Waals surface area contributed by atoms with Gasteiger partial charge in [-0.2, -0.15) is 0 Å². The van der Waals surface area contributed by atoms with Crippen molar-refractivity contribution in [2.75, 3.05) is 13.1 Å². The van der Waals surface area contributed by atoms with Crippen LogP contribution in [-0.2, 0) is 9.59 Å². The predicted octanol–water partition coefficient (Wildman–Crippen LogP) is -0.715. The Balaban J connectivity index is 3.77. The van der Waals surface area contributed by atoms with E-state index in [2.05, 4.69) is 16.0 Å². The molecule has 0 fully saturated rings. The van der Waals surface area contributed by atoms with Crippen LogP contribution in [0.3, 0.4) is 0 Å². The standard InChI is InChI=1S/C9H17N3O4/c1-3-10-8(15)6(2)12-9(16)11-5-4-7(13)14/h6H,3-5H2,1-2H3,(H,10,15)(H,13,14)(H2,11,12,16). The Morgan fingerprint density at radius 3 is 2.38 bits per heavy atom. The molecule has 0 aliphatic carbocycles. The lowest BCUT2D eigenvalue weighted by atomic mass is 10.3. The van der Waals surface area contributed by atoms with Crippen molar-refractivity contribution in [3.05, 3.63) is 0 Å². The average molecular weight is 231 g/mol. The van der Waals surface area contributed by atoms with Crippen molar-refractivity contribution >= 4 is 17.9 Å². The molecular weight excluding hydrogens is 214 g/mol. The van der Waals surface area contributed by atoms with Crippen LogP contribution in [0, 0.1) is 0 Å². The van der Waals surface area contributed by atoms with E-state index in [0.717, 1.165) is 0 Å². The summed E-state index contributed by atoms with van der Waals surface area (Å²) in [6.45, 7) is 3.84. The van der Waals surface area contributed by atoms with Gasteiger partial charge in [-0.3, -0.25) is 9.59 Å². The molecule has 4 N–H and O–H groups in total. The fraction of sp³-hybridized carbons (Fsp3) is 0.667. The summed E-state index contributed by atoms with van der Waals surface area (Å²) in [6.07, 6.45) is -0.150. The first-order valence-electron chi connectivity index (χ1n) is 5.01. The molecule has 0 spiro atoms. The third-order valence-electron chi connectivity index (χ3n) is 1.72. The van der Waals surface area contributed by atoms with Crippen LogP contribution in [0.4, 0.5) is 4.79 Å². The van der Waals surface area contributed by atoms with Gasteiger partial charge < -0.3 is 21.1 Å². The number of carbonyl (C=O) groups is 3. The first-order chi connectivity index (χ1) is 7.47. The van der Waals surface area contributed by atoms with Gasteiger partial charge in [0.2, 0.25) is 5.91 Å². The number of urea groups is 1. The lowest BCUT2D eigenvalue weighted by Crippen LogP contribution is -2.48. The van der Waals surface area contributed by atoms with Crippen molar-refractivity contribution in [2.45, 2.75) is 26.3 Å². The highest BCUT2D eigenvalue weighted by Crippen LogP contribution is 1.82. The summed E-state index contributed by atoms with van der Waals surface area (Å²) in [5.74, 6) is -1.27. The maximum absolute atomic E-state index is 11.2. The van der Waals surface area contributed by atoms with E-state index in [0.29, 0.717) is 6.54 Å². The van der Waals surface area contributed by atoms with Gasteiger partial charge in [-0.25, -0.2) is 4.79 Å². The minimum Gasteiger partial charge on any atom is -0.481 e. The van der Waals surface area contributed by atoms with Crippen molar-refractivity contribution in [3.8, 4) is 0 Å². The third-order valence-corrected chi connectivity index (χ3v) is 1.72. The molecule has 0 saturated heterocycles. The van der Waals surface area contributed by atoms with Crippen LogP contribution in [0.1, 0.15) is 20.3 Å². The highest BCUT2D eigenvalue weighted by atomic mass is 16.4. The van der Waals surface area contributed by atoms with Gasteiger partial charge >= 0.3 is 12.0 Å². The molecule has 0 aromatic rings. The zero-order chi connectivity index (χ0) is 12.6. The Morgan fingerprint density at radius 2 is 1.88 bits per heavy atom. The summed E-state index contributed by atoms with van der Waals surface area (Å²) < 4.78 is 0. The number of hydrogen-bond donors (Lipinski definition) is 4. The molecule has 0 aromatic carbocycles. The molecule has 0 aliphatic heterocycles. The lowest BCUT2D eigenvalue weighted by Gasteiger charge is -2.13. The Labute approximate surface area is 93.6 Å². The molecule has 7 nitrogen and oxygen atoms in total. The summed E-state index contributed by atoms with van der Waals surface area (Å²) in [5.41, 5.74) is 0. The minimum atomic E-state index is -0.989. The number of nitrogens with one attached hydrogen (secondary N) is 3. The Kier molecular flexibility index (Phi) is 6.66. The molecule has 1 atom stereocenters.